The van der Waals surface area contributed by atoms with E-state index in [4.69, 9.17) is 0 Å². The molecule has 1 aromatic heterocycles. The number of anilines is 1. The molecule has 6 nitrogen and oxygen atoms in total. The number of aliphatic hydroxyl groups excluding tert-OH is 1. The third-order valence-electron chi connectivity index (χ3n) is 4.31. The van der Waals surface area contributed by atoms with Crippen molar-refractivity contribution in [2.24, 2.45) is 0 Å². The molecule has 1 unspecified atom stereocenters. The SMILES string of the molecule is O=C(C=Cc1c[nH]c2ccccc12)NC(CO)C(=O)Nc1cccc(C(F)(F)F)c1. The second-order valence-corrected chi connectivity index (χ2v) is 6.43. The molecule has 156 valence electrons. The van der Waals surface area contributed by atoms with Crippen LogP contribution in [0.25, 0.3) is 17.0 Å². The molecule has 3 rings (SSSR count). The number of H-pyrrole nitrogens is 1. The number of hydrogen-bond acceptors (Lipinski definition) is 3. The van der Waals surface area contributed by atoms with Crippen LogP contribution < -0.4 is 10.6 Å². The van der Waals surface area contributed by atoms with Gasteiger partial charge < -0.3 is 20.7 Å². The molecule has 0 saturated carbocycles. The number of hydrogen-bond donors (Lipinski definition) is 4. The monoisotopic (exact) mass is 417 g/mol. The Kier molecular flexibility index (Phi) is 6.22. The molecule has 0 fully saturated rings. The number of benzene rings is 2. The summed E-state index contributed by atoms with van der Waals surface area (Å²) in [6.45, 7) is -0.725. The van der Waals surface area contributed by atoms with Gasteiger partial charge in [0, 0.05) is 28.9 Å². The number of para-hydroxylation sites is 1. The highest BCUT2D eigenvalue weighted by atomic mass is 19.4. The van der Waals surface area contributed by atoms with Crippen LogP contribution in [0.15, 0.2) is 60.8 Å². The summed E-state index contributed by atoms with van der Waals surface area (Å²) in [5.41, 5.74) is 0.629. The zero-order valence-electron chi connectivity index (χ0n) is 15.5. The van der Waals surface area contributed by atoms with Crippen LogP contribution in [0, 0.1) is 0 Å². The van der Waals surface area contributed by atoms with E-state index in [2.05, 4.69) is 15.6 Å². The summed E-state index contributed by atoms with van der Waals surface area (Å²) in [5.74, 6) is -1.48. The van der Waals surface area contributed by atoms with Crippen LogP contribution in [0.3, 0.4) is 0 Å². The van der Waals surface area contributed by atoms with Crippen LogP contribution in [-0.2, 0) is 15.8 Å². The molecule has 1 heterocycles. The van der Waals surface area contributed by atoms with Gasteiger partial charge in [-0.05, 0) is 35.9 Å². The van der Waals surface area contributed by atoms with Gasteiger partial charge in [0.05, 0.1) is 12.2 Å². The van der Waals surface area contributed by atoms with Crippen molar-refractivity contribution in [2.45, 2.75) is 12.2 Å². The number of aromatic amines is 1. The Bertz CT molecular complexity index is 1090. The minimum absolute atomic E-state index is 0.100. The lowest BCUT2D eigenvalue weighted by molar-refractivity contribution is -0.137. The summed E-state index contributed by atoms with van der Waals surface area (Å²) in [6, 6.07) is 10.2. The molecular formula is C21H18F3N3O3. The third-order valence-corrected chi connectivity index (χ3v) is 4.31. The molecule has 0 saturated heterocycles. The van der Waals surface area contributed by atoms with Crippen molar-refractivity contribution in [3.05, 3.63) is 71.9 Å². The Balaban J connectivity index is 1.64. The highest BCUT2D eigenvalue weighted by molar-refractivity contribution is 6.01. The van der Waals surface area contributed by atoms with E-state index < -0.39 is 36.2 Å². The zero-order valence-corrected chi connectivity index (χ0v) is 15.5. The molecule has 2 aromatic carbocycles. The number of fused-ring (bicyclic) bond motifs is 1. The number of halogens is 3. The summed E-state index contributed by atoms with van der Waals surface area (Å²) in [4.78, 5) is 27.4. The van der Waals surface area contributed by atoms with E-state index in [9.17, 15) is 27.9 Å². The van der Waals surface area contributed by atoms with Crippen LogP contribution in [0.2, 0.25) is 0 Å². The number of aromatic nitrogens is 1. The zero-order chi connectivity index (χ0) is 21.7. The Hall–Kier alpha value is -3.59. The van der Waals surface area contributed by atoms with E-state index in [0.717, 1.165) is 34.7 Å². The Labute approximate surface area is 169 Å². The smallest absolute Gasteiger partial charge is 0.394 e. The lowest BCUT2D eigenvalue weighted by Crippen LogP contribution is -2.45. The lowest BCUT2D eigenvalue weighted by atomic mass is 10.1. The molecule has 4 N–H and O–H groups in total. The molecule has 30 heavy (non-hydrogen) atoms. The van der Waals surface area contributed by atoms with Gasteiger partial charge in [0.1, 0.15) is 6.04 Å². The van der Waals surface area contributed by atoms with Gasteiger partial charge in [0.25, 0.3) is 0 Å². The van der Waals surface area contributed by atoms with Gasteiger partial charge in [-0.2, -0.15) is 13.2 Å². The van der Waals surface area contributed by atoms with Crippen LogP contribution in [0.4, 0.5) is 18.9 Å². The van der Waals surface area contributed by atoms with Gasteiger partial charge in [0.15, 0.2) is 0 Å². The van der Waals surface area contributed by atoms with Crippen LogP contribution in [0.5, 0.6) is 0 Å². The molecular weight excluding hydrogens is 399 g/mol. The van der Waals surface area contributed by atoms with Crippen molar-refractivity contribution in [3.8, 4) is 0 Å². The molecule has 0 bridgehead atoms. The van der Waals surface area contributed by atoms with Crippen molar-refractivity contribution < 1.29 is 27.9 Å². The summed E-state index contributed by atoms with van der Waals surface area (Å²) >= 11 is 0. The predicted molar refractivity (Wildman–Crippen MR) is 106 cm³/mol. The van der Waals surface area contributed by atoms with Gasteiger partial charge in [-0.3, -0.25) is 9.59 Å². The van der Waals surface area contributed by atoms with E-state index in [1.165, 1.54) is 12.1 Å². The average molecular weight is 417 g/mol. The quantitative estimate of drug-likeness (QED) is 0.464. The third kappa shape index (κ3) is 5.06. The molecule has 9 heteroatoms. The first-order valence-electron chi connectivity index (χ1n) is 8.91. The fourth-order valence-corrected chi connectivity index (χ4v) is 2.81. The molecule has 0 aliphatic heterocycles. The van der Waals surface area contributed by atoms with Crippen molar-refractivity contribution in [1.29, 1.82) is 0 Å². The standard InChI is InChI=1S/C21H18F3N3O3/c22-21(23,24)14-4-3-5-15(10-14)26-20(30)18(12-28)27-19(29)9-8-13-11-25-17-7-2-1-6-16(13)17/h1-11,18,25,28H,12H2,(H,26,30)(H,27,29). The topological polar surface area (TPSA) is 94.2 Å². The molecule has 0 spiro atoms. The first-order chi connectivity index (χ1) is 14.3. The van der Waals surface area contributed by atoms with Gasteiger partial charge in [-0.15, -0.1) is 0 Å². The molecule has 0 aliphatic rings. The highest BCUT2D eigenvalue weighted by Crippen LogP contribution is 2.30. The van der Waals surface area contributed by atoms with Crippen molar-refractivity contribution in [2.75, 3.05) is 11.9 Å². The number of carbonyl (C=O) groups is 2. The largest absolute Gasteiger partial charge is 0.416 e. The maximum Gasteiger partial charge on any atom is 0.416 e. The normalized spacial score (nSPS) is 12.8. The minimum atomic E-state index is -4.56. The maximum absolute atomic E-state index is 12.8. The van der Waals surface area contributed by atoms with Gasteiger partial charge in [0.2, 0.25) is 11.8 Å². The summed E-state index contributed by atoms with van der Waals surface area (Å²) in [7, 11) is 0. The highest BCUT2D eigenvalue weighted by Gasteiger charge is 2.30. The Morgan fingerprint density at radius 1 is 1.13 bits per heavy atom. The van der Waals surface area contributed by atoms with E-state index >= 15 is 0 Å². The van der Waals surface area contributed by atoms with Crippen molar-refractivity contribution >= 4 is 34.5 Å². The molecule has 2 amide bonds. The van der Waals surface area contributed by atoms with Crippen LogP contribution in [0.1, 0.15) is 11.1 Å². The summed E-state index contributed by atoms with van der Waals surface area (Å²) in [5, 5.41) is 14.9. The molecule has 0 aliphatic carbocycles. The summed E-state index contributed by atoms with van der Waals surface area (Å²) in [6.07, 6.45) is -0.0833. The summed E-state index contributed by atoms with van der Waals surface area (Å²) < 4.78 is 38.3. The number of amides is 2. The van der Waals surface area contributed by atoms with Crippen LogP contribution in [-0.4, -0.2) is 34.6 Å². The van der Waals surface area contributed by atoms with E-state index in [1.54, 1.807) is 12.3 Å². The second kappa shape index (κ2) is 8.83. The van der Waals surface area contributed by atoms with E-state index in [-0.39, 0.29) is 5.69 Å². The van der Waals surface area contributed by atoms with Crippen molar-refractivity contribution in [1.82, 2.24) is 10.3 Å². The first kappa shape index (κ1) is 21.1. The number of alkyl halides is 3. The Morgan fingerprint density at radius 2 is 1.90 bits per heavy atom. The minimum Gasteiger partial charge on any atom is -0.394 e. The van der Waals surface area contributed by atoms with E-state index in [1.807, 2.05) is 24.3 Å². The Morgan fingerprint density at radius 3 is 2.63 bits per heavy atom. The number of nitrogens with one attached hydrogen (secondary N) is 3. The predicted octanol–water partition coefficient (Wildman–Crippen LogP) is 3.32. The molecule has 3 aromatic rings. The number of carbonyl (C=O) groups excluding carboxylic acids is 2. The van der Waals surface area contributed by atoms with Gasteiger partial charge in [-0.1, -0.05) is 24.3 Å². The van der Waals surface area contributed by atoms with Crippen molar-refractivity contribution in [3.63, 3.8) is 0 Å². The van der Waals surface area contributed by atoms with Gasteiger partial charge in [-0.25, -0.2) is 0 Å². The number of rotatable bonds is 6. The van der Waals surface area contributed by atoms with Gasteiger partial charge >= 0.3 is 6.18 Å². The fourth-order valence-electron chi connectivity index (χ4n) is 2.81. The van der Waals surface area contributed by atoms with E-state index in [0.29, 0.717) is 0 Å². The lowest BCUT2D eigenvalue weighted by Gasteiger charge is -2.16. The number of aliphatic hydroxyl groups is 1. The van der Waals surface area contributed by atoms with Crippen LogP contribution >= 0.6 is 0 Å². The average Bonchev–Trinajstić information content (AvgIpc) is 3.13. The second-order valence-electron chi connectivity index (χ2n) is 6.43. The fraction of sp³-hybridized carbons (Fsp3) is 0.143. The first-order valence-corrected chi connectivity index (χ1v) is 8.91. The molecule has 0 radical (unpaired) electrons. The maximum atomic E-state index is 12.8. The molecule has 1 atom stereocenters.